The third-order valence-electron chi connectivity index (χ3n) is 5.87. The van der Waals surface area contributed by atoms with Gasteiger partial charge in [-0.2, -0.15) is 0 Å². The first-order valence-corrected chi connectivity index (χ1v) is 11.6. The molecule has 2 N–H and O–H groups in total. The van der Waals surface area contributed by atoms with Crippen LogP contribution < -0.4 is 10.6 Å². The Balaban J connectivity index is 0.00000363. The molecular formula is C24H40IN5O2. The summed E-state index contributed by atoms with van der Waals surface area (Å²) in [7, 11) is 1.83. The number of alkyl carbamates (subject to hydrolysis) is 1. The minimum Gasteiger partial charge on any atom is -0.444 e. The molecule has 3 rings (SSSR count). The van der Waals surface area contributed by atoms with Crippen LogP contribution >= 0.6 is 24.0 Å². The molecule has 32 heavy (non-hydrogen) atoms. The zero-order valence-electron chi connectivity index (χ0n) is 20.0. The van der Waals surface area contributed by atoms with Gasteiger partial charge in [0.2, 0.25) is 0 Å². The first kappa shape index (κ1) is 26.7. The standard InChI is InChI=1S/C24H39N5O2.HI/c1-24(2,3)31-23(30)27-21(20-10-6-5-7-11-20)16-26-22(25-4)29-15-12-19(18-29)17-28-13-8-9-14-28;/h5-7,10-11,19,21H,8-9,12-18H2,1-4H3,(H,25,26)(H,27,30);1H. The van der Waals surface area contributed by atoms with Crippen LogP contribution in [0.5, 0.6) is 0 Å². The Kier molecular flexibility index (Phi) is 10.5. The number of carbonyl (C=O) groups excluding carboxylic acids is 1. The molecule has 0 spiro atoms. The summed E-state index contributed by atoms with van der Waals surface area (Å²) in [6.07, 6.45) is 3.47. The highest BCUT2D eigenvalue weighted by Gasteiger charge is 2.28. The minimum absolute atomic E-state index is 0. The number of rotatable bonds is 6. The molecule has 2 fully saturated rings. The summed E-state index contributed by atoms with van der Waals surface area (Å²) in [6.45, 7) is 11.9. The smallest absolute Gasteiger partial charge is 0.408 e. The lowest BCUT2D eigenvalue weighted by atomic mass is 10.1. The quantitative estimate of drug-likeness (QED) is 0.316. The van der Waals surface area contributed by atoms with E-state index in [1.54, 1.807) is 0 Å². The topological polar surface area (TPSA) is 69.2 Å². The molecule has 1 aromatic rings. The van der Waals surface area contributed by atoms with Crippen molar-refractivity contribution < 1.29 is 9.53 Å². The Morgan fingerprint density at radius 2 is 1.88 bits per heavy atom. The van der Waals surface area contributed by atoms with Crippen LogP contribution in [0, 0.1) is 5.92 Å². The van der Waals surface area contributed by atoms with Crippen molar-refractivity contribution in [1.82, 2.24) is 20.4 Å². The first-order valence-electron chi connectivity index (χ1n) is 11.6. The number of guanidine groups is 1. The number of hydrogen-bond donors (Lipinski definition) is 2. The predicted molar refractivity (Wildman–Crippen MR) is 141 cm³/mol. The molecule has 0 aromatic heterocycles. The molecule has 1 amide bonds. The highest BCUT2D eigenvalue weighted by molar-refractivity contribution is 14.0. The van der Waals surface area contributed by atoms with E-state index in [0.717, 1.165) is 24.6 Å². The maximum atomic E-state index is 12.4. The van der Waals surface area contributed by atoms with E-state index in [9.17, 15) is 4.79 Å². The highest BCUT2D eigenvalue weighted by atomic mass is 127. The van der Waals surface area contributed by atoms with Gasteiger partial charge in [0.15, 0.2) is 5.96 Å². The molecule has 0 aliphatic carbocycles. The Hall–Kier alpha value is -1.55. The summed E-state index contributed by atoms with van der Waals surface area (Å²) in [6, 6.07) is 9.78. The Morgan fingerprint density at radius 1 is 1.19 bits per heavy atom. The highest BCUT2D eigenvalue weighted by Crippen LogP contribution is 2.20. The molecule has 2 aliphatic heterocycles. The number of ether oxygens (including phenoxy) is 1. The van der Waals surface area contributed by atoms with Crippen LogP contribution in [-0.2, 0) is 4.74 Å². The molecule has 2 saturated heterocycles. The normalized spacial score (nSPS) is 20.6. The summed E-state index contributed by atoms with van der Waals surface area (Å²) in [4.78, 5) is 21.9. The SMILES string of the molecule is CN=C(NCC(NC(=O)OC(C)(C)C)c1ccccc1)N1CCC(CN2CCCC2)C1.I. The summed E-state index contributed by atoms with van der Waals surface area (Å²) < 4.78 is 5.48. The largest absolute Gasteiger partial charge is 0.444 e. The fraction of sp³-hybridized carbons (Fsp3) is 0.667. The maximum absolute atomic E-state index is 12.4. The van der Waals surface area contributed by atoms with Crippen molar-refractivity contribution in [3.8, 4) is 0 Å². The van der Waals surface area contributed by atoms with Gasteiger partial charge in [-0.3, -0.25) is 4.99 Å². The number of carbonyl (C=O) groups is 1. The summed E-state index contributed by atoms with van der Waals surface area (Å²) in [5.41, 5.74) is 0.499. The maximum Gasteiger partial charge on any atom is 0.408 e. The van der Waals surface area contributed by atoms with Crippen LogP contribution in [0.3, 0.4) is 0 Å². The average Bonchev–Trinajstić information content (AvgIpc) is 3.40. The number of nitrogens with zero attached hydrogens (tertiary/aromatic N) is 3. The predicted octanol–water partition coefficient (Wildman–Crippen LogP) is 3.86. The monoisotopic (exact) mass is 557 g/mol. The second-order valence-electron chi connectivity index (χ2n) is 9.65. The van der Waals surface area contributed by atoms with Gasteiger partial charge in [0.05, 0.1) is 6.04 Å². The number of nitrogens with one attached hydrogen (secondary N) is 2. The molecule has 2 atom stereocenters. The van der Waals surface area contributed by atoms with Crippen LogP contribution in [0.2, 0.25) is 0 Å². The fourth-order valence-corrected chi connectivity index (χ4v) is 4.42. The van der Waals surface area contributed by atoms with Gasteiger partial charge < -0.3 is 25.2 Å². The molecule has 0 saturated carbocycles. The van der Waals surface area contributed by atoms with Crippen LogP contribution in [0.25, 0.3) is 0 Å². The molecule has 8 heteroatoms. The summed E-state index contributed by atoms with van der Waals surface area (Å²) >= 11 is 0. The van der Waals surface area contributed by atoms with Crippen LogP contribution in [0.4, 0.5) is 4.79 Å². The number of likely N-dealkylation sites (tertiary alicyclic amines) is 2. The van der Waals surface area contributed by atoms with Crippen LogP contribution in [-0.4, -0.2) is 73.8 Å². The van der Waals surface area contributed by atoms with Gasteiger partial charge >= 0.3 is 6.09 Å². The Morgan fingerprint density at radius 3 is 2.50 bits per heavy atom. The third-order valence-corrected chi connectivity index (χ3v) is 5.87. The molecule has 2 unspecified atom stereocenters. The lowest BCUT2D eigenvalue weighted by molar-refractivity contribution is 0.0504. The van der Waals surface area contributed by atoms with E-state index in [1.807, 2.05) is 58.2 Å². The minimum atomic E-state index is -0.533. The van der Waals surface area contributed by atoms with Gasteiger partial charge in [-0.15, -0.1) is 24.0 Å². The molecule has 7 nitrogen and oxygen atoms in total. The van der Waals surface area contributed by atoms with E-state index in [-0.39, 0.29) is 30.0 Å². The lowest BCUT2D eigenvalue weighted by Gasteiger charge is -2.27. The molecular weight excluding hydrogens is 517 g/mol. The second kappa shape index (κ2) is 12.6. The Labute approximate surface area is 210 Å². The van der Waals surface area contributed by atoms with E-state index in [4.69, 9.17) is 4.74 Å². The van der Waals surface area contributed by atoms with Crippen LogP contribution in [0.15, 0.2) is 35.3 Å². The van der Waals surface area contributed by atoms with E-state index < -0.39 is 11.7 Å². The van der Waals surface area contributed by atoms with Crippen molar-refractivity contribution in [2.24, 2.45) is 10.9 Å². The third kappa shape index (κ3) is 8.42. The molecule has 0 radical (unpaired) electrons. The second-order valence-corrected chi connectivity index (χ2v) is 9.65. The van der Waals surface area contributed by atoms with Gasteiger partial charge in [0.25, 0.3) is 0 Å². The molecule has 1 aromatic carbocycles. The Bertz CT molecular complexity index is 732. The van der Waals surface area contributed by atoms with Gasteiger partial charge in [-0.05, 0) is 64.6 Å². The van der Waals surface area contributed by atoms with Gasteiger partial charge in [-0.25, -0.2) is 4.79 Å². The van der Waals surface area contributed by atoms with Gasteiger partial charge in [0.1, 0.15) is 5.60 Å². The van der Waals surface area contributed by atoms with Gasteiger partial charge in [-0.1, -0.05) is 30.3 Å². The van der Waals surface area contributed by atoms with Crippen molar-refractivity contribution >= 4 is 36.0 Å². The number of benzene rings is 1. The van der Waals surface area contributed by atoms with Crippen LogP contribution in [0.1, 0.15) is 51.6 Å². The zero-order valence-corrected chi connectivity index (χ0v) is 22.3. The van der Waals surface area contributed by atoms with Crippen molar-refractivity contribution in [2.45, 2.75) is 51.7 Å². The van der Waals surface area contributed by atoms with Crippen molar-refractivity contribution in [3.63, 3.8) is 0 Å². The summed E-state index contributed by atoms with van der Waals surface area (Å²) in [5.74, 6) is 1.59. The van der Waals surface area contributed by atoms with E-state index in [2.05, 4.69) is 25.4 Å². The van der Waals surface area contributed by atoms with E-state index >= 15 is 0 Å². The first-order chi connectivity index (χ1) is 14.8. The van der Waals surface area contributed by atoms with Crippen molar-refractivity contribution in [1.29, 1.82) is 0 Å². The van der Waals surface area contributed by atoms with E-state index in [1.165, 1.54) is 38.9 Å². The van der Waals surface area contributed by atoms with Crippen molar-refractivity contribution in [3.05, 3.63) is 35.9 Å². The summed E-state index contributed by atoms with van der Waals surface area (Å²) in [5, 5.41) is 6.50. The molecule has 2 heterocycles. The number of halogens is 1. The average molecular weight is 558 g/mol. The zero-order chi connectivity index (χ0) is 22.3. The number of hydrogen-bond acceptors (Lipinski definition) is 4. The lowest BCUT2D eigenvalue weighted by Crippen LogP contribution is -2.45. The molecule has 0 bridgehead atoms. The van der Waals surface area contributed by atoms with Crippen molar-refractivity contribution in [2.75, 3.05) is 46.3 Å². The number of amides is 1. The fourth-order valence-electron chi connectivity index (χ4n) is 4.42. The van der Waals surface area contributed by atoms with Gasteiger partial charge in [0, 0.05) is 33.2 Å². The number of aliphatic imine (C=N–C) groups is 1. The van der Waals surface area contributed by atoms with E-state index in [0.29, 0.717) is 12.5 Å². The molecule has 180 valence electrons. The molecule has 2 aliphatic rings.